The van der Waals surface area contributed by atoms with Gasteiger partial charge in [0.25, 0.3) is 0 Å². The molecular formula is C25H23F6N9. The highest BCUT2D eigenvalue weighted by Crippen LogP contribution is 2.37. The van der Waals surface area contributed by atoms with Gasteiger partial charge in [0, 0.05) is 44.6 Å². The van der Waals surface area contributed by atoms with E-state index in [1.54, 1.807) is 4.90 Å². The Balaban J connectivity index is 1.44. The van der Waals surface area contributed by atoms with Crippen LogP contribution in [-0.2, 0) is 12.4 Å². The molecule has 5 rings (SSSR count). The smallest absolute Gasteiger partial charge is 0.353 e. The van der Waals surface area contributed by atoms with Crippen molar-refractivity contribution in [2.45, 2.75) is 32.2 Å². The molecule has 0 radical (unpaired) electrons. The maximum Gasteiger partial charge on any atom is 0.418 e. The molecular weight excluding hydrogens is 540 g/mol. The molecule has 0 aromatic carbocycles. The first kappa shape index (κ1) is 27.4. The van der Waals surface area contributed by atoms with Crippen LogP contribution in [0.25, 0.3) is 22.6 Å². The quantitative estimate of drug-likeness (QED) is 0.329. The van der Waals surface area contributed by atoms with Gasteiger partial charge < -0.3 is 10.2 Å². The van der Waals surface area contributed by atoms with Gasteiger partial charge in [-0.15, -0.1) is 10.2 Å². The lowest BCUT2D eigenvalue weighted by Crippen LogP contribution is -2.49. The van der Waals surface area contributed by atoms with Crippen molar-refractivity contribution in [3.05, 3.63) is 54.0 Å². The van der Waals surface area contributed by atoms with E-state index in [9.17, 15) is 26.3 Å². The molecule has 0 bridgehead atoms. The molecule has 1 aliphatic rings. The van der Waals surface area contributed by atoms with Gasteiger partial charge in [0.05, 0.1) is 23.0 Å². The number of nitrogens with one attached hydrogen (secondary N) is 1. The second kappa shape index (κ2) is 10.4. The Morgan fingerprint density at radius 3 is 2.23 bits per heavy atom. The summed E-state index contributed by atoms with van der Waals surface area (Å²) in [5, 5.41) is 10.8. The van der Waals surface area contributed by atoms with Crippen molar-refractivity contribution in [3.8, 4) is 11.4 Å². The lowest BCUT2D eigenvalue weighted by Gasteiger charge is -2.37. The van der Waals surface area contributed by atoms with Gasteiger partial charge in [-0.2, -0.15) is 26.3 Å². The fourth-order valence-electron chi connectivity index (χ4n) is 4.32. The molecule has 15 heteroatoms. The van der Waals surface area contributed by atoms with Gasteiger partial charge in [-0.25, -0.2) is 19.9 Å². The van der Waals surface area contributed by atoms with Crippen LogP contribution in [0.15, 0.2) is 42.9 Å². The van der Waals surface area contributed by atoms with Crippen LogP contribution in [0.2, 0.25) is 0 Å². The van der Waals surface area contributed by atoms with Crippen LogP contribution in [0.1, 0.15) is 25.0 Å². The van der Waals surface area contributed by atoms with Crippen molar-refractivity contribution < 1.29 is 26.3 Å². The van der Waals surface area contributed by atoms with E-state index in [-0.39, 0.29) is 28.5 Å². The largest absolute Gasteiger partial charge is 0.418 e. The number of nitrogens with zero attached hydrogens (tertiary/aromatic N) is 8. The first-order valence-electron chi connectivity index (χ1n) is 12.3. The van der Waals surface area contributed by atoms with Crippen LogP contribution in [0, 0.1) is 0 Å². The van der Waals surface area contributed by atoms with Gasteiger partial charge >= 0.3 is 12.4 Å². The molecule has 0 spiro atoms. The summed E-state index contributed by atoms with van der Waals surface area (Å²) in [6.45, 7) is 6.57. The summed E-state index contributed by atoms with van der Waals surface area (Å²) in [5.41, 5.74) is -2.10. The molecule has 9 nitrogen and oxygen atoms in total. The standard InChI is InChI=1S/C25H23F6N9/c1-14(2)39-7-9-40(10-8-39)20-11-16(25(29,30)31)21(38-37-20)18-13-34-22-17(5-6-32-23(22)36-18)35-19-4-3-15(12-33-19)24(26,27)28/h3-6,11-14H,7-10H2,1-2H3,(H,32,33,35,36). The number of piperazine rings is 1. The van der Waals surface area contributed by atoms with E-state index in [0.29, 0.717) is 44.1 Å². The summed E-state index contributed by atoms with van der Waals surface area (Å²) in [6, 6.07) is 4.81. The topological polar surface area (TPSA) is 95.8 Å². The molecule has 0 saturated carbocycles. The van der Waals surface area contributed by atoms with Crippen molar-refractivity contribution in [2.75, 3.05) is 36.4 Å². The second-order valence-corrected chi connectivity index (χ2v) is 9.42. The molecule has 4 aromatic heterocycles. The number of halogens is 6. The Morgan fingerprint density at radius 1 is 0.850 bits per heavy atom. The van der Waals surface area contributed by atoms with E-state index < -0.39 is 29.2 Å². The number of fused-ring (bicyclic) bond motifs is 1. The Morgan fingerprint density at radius 2 is 1.60 bits per heavy atom. The van der Waals surface area contributed by atoms with E-state index in [1.807, 2.05) is 0 Å². The Hall–Kier alpha value is -4.14. The van der Waals surface area contributed by atoms with Gasteiger partial charge in [-0.1, -0.05) is 0 Å². The third kappa shape index (κ3) is 5.73. The Kier molecular flexibility index (Phi) is 7.16. The molecule has 1 aliphatic heterocycles. The minimum Gasteiger partial charge on any atom is -0.353 e. The number of hydrogen-bond donors (Lipinski definition) is 1. The number of pyridine rings is 2. The molecule has 1 fully saturated rings. The number of aromatic nitrogens is 6. The molecule has 0 unspecified atom stereocenters. The summed E-state index contributed by atoms with van der Waals surface area (Å²) >= 11 is 0. The molecule has 0 aliphatic carbocycles. The zero-order valence-corrected chi connectivity index (χ0v) is 21.3. The van der Waals surface area contributed by atoms with E-state index in [1.165, 1.54) is 12.3 Å². The fraction of sp³-hybridized carbons (Fsp3) is 0.360. The van der Waals surface area contributed by atoms with Crippen LogP contribution in [-0.4, -0.2) is 67.3 Å². The lowest BCUT2D eigenvalue weighted by atomic mass is 10.1. The molecule has 4 aromatic rings. The zero-order valence-electron chi connectivity index (χ0n) is 21.3. The SMILES string of the molecule is CC(C)N1CCN(c2cc(C(F)(F)F)c(-c3cnc4c(Nc5ccc(C(F)(F)F)cn5)ccnc4n3)nn2)CC1. The van der Waals surface area contributed by atoms with Crippen molar-refractivity contribution in [2.24, 2.45) is 0 Å². The highest BCUT2D eigenvalue weighted by molar-refractivity contribution is 5.87. The van der Waals surface area contributed by atoms with Gasteiger partial charge in [0.2, 0.25) is 0 Å². The van der Waals surface area contributed by atoms with Crippen LogP contribution >= 0.6 is 0 Å². The average molecular weight is 564 g/mol. The van der Waals surface area contributed by atoms with Gasteiger partial charge in [-0.05, 0) is 38.1 Å². The summed E-state index contributed by atoms with van der Waals surface area (Å²) < 4.78 is 80.8. The Labute approximate surface area is 224 Å². The summed E-state index contributed by atoms with van der Waals surface area (Å²) in [7, 11) is 0. The van der Waals surface area contributed by atoms with Gasteiger partial charge in [-0.3, -0.25) is 4.90 Å². The van der Waals surface area contributed by atoms with Crippen LogP contribution in [0.4, 0.5) is 43.7 Å². The average Bonchev–Trinajstić information content (AvgIpc) is 2.92. The third-order valence-electron chi connectivity index (χ3n) is 6.50. The molecule has 1 saturated heterocycles. The Bertz CT molecular complexity index is 1500. The van der Waals surface area contributed by atoms with Crippen LogP contribution in [0.3, 0.4) is 0 Å². The van der Waals surface area contributed by atoms with E-state index >= 15 is 0 Å². The van der Waals surface area contributed by atoms with E-state index in [0.717, 1.165) is 24.4 Å². The second-order valence-electron chi connectivity index (χ2n) is 9.42. The normalized spacial score (nSPS) is 15.2. The number of hydrogen-bond acceptors (Lipinski definition) is 9. The molecule has 5 heterocycles. The van der Waals surface area contributed by atoms with Crippen molar-refractivity contribution in [1.29, 1.82) is 0 Å². The maximum atomic E-state index is 14.1. The van der Waals surface area contributed by atoms with Crippen molar-refractivity contribution >= 4 is 28.5 Å². The predicted octanol–water partition coefficient (Wildman–Crippen LogP) is 5.19. The number of alkyl halides is 6. The molecule has 0 amide bonds. The predicted molar refractivity (Wildman–Crippen MR) is 135 cm³/mol. The fourth-order valence-corrected chi connectivity index (χ4v) is 4.32. The van der Waals surface area contributed by atoms with E-state index in [2.05, 4.69) is 54.2 Å². The first-order valence-corrected chi connectivity index (χ1v) is 12.3. The maximum absolute atomic E-state index is 14.1. The highest BCUT2D eigenvalue weighted by Gasteiger charge is 2.37. The zero-order chi connectivity index (χ0) is 28.7. The van der Waals surface area contributed by atoms with Crippen LogP contribution < -0.4 is 10.2 Å². The van der Waals surface area contributed by atoms with Gasteiger partial charge in [0.15, 0.2) is 11.5 Å². The molecule has 1 N–H and O–H groups in total. The van der Waals surface area contributed by atoms with E-state index in [4.69, 9.17) is 0 Å². The number of anilines is 3. The van der Waals surface area contributed by atoms with Crippen molar-refractivity contribution in [1.82, 2.24) is 35.0 Å². The summed E-state index contributed by atoms with van der Waals surface area (Å²) in [6.07, 6.45) is -6.13. The summed E-state index contributed by atoms with van der Waals surface area (Å²) in [5.74, 6) is 0.225. The molecule has 40 heavy (non-hydrogen) atoms. The lowest BCUT2D eigenvalue weighted by molar-refractivity contribution is -0.138. The molecule has 210 valence electrons. The number of rotatable bonds is 5. The minimum absolute atomic E-state index is 0.00165. The monoisotopic (exact) mass is 563 g/mol. The first-order chi connectivity index (χ1) is 18.9. The van der Waals surface area contributed by atoms with Crippen molar-refractivity contribution in [3.63, 3.8) is 0 Å². The molecule has 0 atom stereocenters. The van der Waals surface area contributed by atoms with Crippen LogP contribution in [0.5, 0.6) is 0 Å². The summed E-state index contributed by atoms with van der Waals surface area (Å²) in [4.78, 5) is 20.3. The third-order valence-corrected chi connectivity index (χ3v) is 6.50. The minimum atomic E-state index is -4.73. The van der Waals surface area contributed by atoms with Gasteiger partial charge in [0.1, 0.15) is 22.7 Å². The highest BCUT2D eigenvalue weighted by atomic mass is 19.4.